The van der Waals surface area contributed by atoms with Crippen molar-refractivity contribution < 1.29 is 4.79 Å². The van der Waals surface area contributed by atoms with Crippen LogP contribution in [-0.2, 0) is 4.79 Å². The number of nitrogens with zero attached hydrogens (tertiary/aromatic N) is 1. The van der Waals surface area contributed by atoms with E-state index < -0.39 is 0 Å². The molecule has 0 N–H and O–H groups in total. The predicted molar refractivity (Wildman–Crippen MR) is 68.6 cm³/mol. The van der Waals surface area contributed by atoms with Crippen molar-refractivity contribution in [3.63, 3.8) is 0 Å². The maximum Gasteiger partial charge on any atom is 0.156 e. The summed E-state index contributed by atoms with van der Waals surface area (Å²) in [5.41, 5.74) is -0.206. The molecule has 2 heteroatoms. The molecule has 0 radical (unpaired) electrons. The molecule has 1 aliphatic rings. The van der Waals surface area contributed by atoms with Crippen LogP contribution >= 0.6 is 0 Å². The van der Waals surface area contributed by atoms with Crippen molar-refractivity contribution in [2.24, 2.45) is 5.92 Å². The fourth-order valence-electron chi connectivity index (χ4n) is 3.20. The highest BCUT2D eigenvalue weighted by atomic mass is 16.1. The van der Waals surface area contributed by atoms with Gasteiger partial charge in [0.15, 0.2) is 5.78 Å². The first-order chi connectivity index (χ1) is 7.58. The first-order valence-corrected chi connectivity index (χ1v) is 6.80. The summed E-state index contributed by atoms with van der Waals surface area (Å²) in [6, 6.07) is 0. The van der Waals surface area contributed by atoms with Gasteiger partial charge < -0.3 is 0 Å². The van der Waals surface area contributed by atoms with Crippen molar-refractivity contribution in [3.05, 3.63) is 0 Å². The van der Waals surface area contributed by atoms with Gasteiger partial charge in [0.1, 0.15) is 0 Å². The minimum atomic E-state index is -0.206. The lowest BCUT2D eigenvalue weighted by Gasteiger charge is -2.40. The molecule has 0 spiro atoms. The van der Waals surface area contributed by atoms with Gasteiger partial charge in [0.2, 0.25) is 0 Å². The number of hydrogen-bond acceptors (Lipinski definition) is 2. The van der Waals surface area contributed by atoms with Crippen LogP contribution in [0.2, 0.25) is 0 Å². The fourth-order valence-corrected chi connectivity index (χ4v) is 3.20. The largest absolute Gasteiger partial charge is 0.297 e. The van der Waals surface area contributed by atoms with Gasteiger partial charge in [-0.25, -0.2) is 0 Å². The molecule has 1 fully saturated rings. The van der Waals surface area contributed by atoms with Crippen LogP contribution in [0.4, 0.5) is 0 Å². The number of carbonyl (C=O) groups is 1. The van der Waals surface area contributed by atoms with Crippen LogP contribution in [0, 0.1) is 5.92 Å². The highest BCUT2D eigenvalue weighted by Crippen LogP contribution is 2.33. The molecule has 2 nitrogen and oxygen atoms in total. The molecule has 0 aromatic heterocycles. The first-order valence-electron chi connectivity index (χ1n) is 6.80. The van der Waals surface area contributed by atoms with E-state index in [-0.39, 0.29) is 5.54 Å². The van der Waals surface area contributed by atoms with E-state index in [0.29, 0.717) is 11.7 Å². The van der Waals surface area contributed by atoms with Crippen LogP contribution in [0.5, 0.6) is 0 Å². The van der Waals surface area contributed by atoms with Crippen LogP contribution in [0.3, 0.4) is 0 Å². The molecular weight excluding hydrogens is 198 g/mol. The third-order valence-electron chi connectivity index (χ3n) is 4.46. The van der Waals surface area contributed by atoms with Gasteiger partial charge in [-0.05, 0) is 39.8 Å². The molecule has 0 aliphatic heterocycles. The zero-order chi connectivity index (χ0) is 12.2. The van der Waals surface area contributed by atoms with Gasteiger partial charge in [-0.2, -0.15) is 0 Å². The van der Waals surface area contributed by atoms with E-state index in [1.54, 1.807) is 0 Å². The average Bonchev–Trinajstić information content (AvgIpc) is 2.32. The van der Waals surface area contributed by atoms with Crippen LogP contribution in [0.1, 0.15) is 58.8 Å². The molecule has 0 aromatic carbocycles. The maximum absolute atomic E-state index is 12.7. The van der Waals surface area contributed by atoms with Crippen molar-refractivity contribution in [1.82, 2.24) is 4.90 Å². The van der Waals surface area contributed by atoms with E-state index in [1.165, 1.54) is 19.3 Å². The van der Waals surface area contributed by atoms with Crippen molar-refractivity contribution in [2.75, 3.05) is 14.1 Å². The average molecular weight is 225 g/mol. The Morgan fingerprint density at radius 3 is 2.00 bits per heavy atom. The zero-order valence-electron chi connectivity index (χ0n) is 11.4. The van der Waals surface area contributed by atoms with Gasteiger partial charge in [0.05, 0.1) is 5.54 Å². The van der Waals surface area contributed by atoms with Crippen LogP contribution in [-0.4, -0.2) is 30.3 Å². The molecule has 0 aromatic rings. The van der Waals surface area contributed by atoms with Gasteiger partial charge in [-0.1, -0.05) is 33.1 Å². The molecule has 0 saturated heterocycles. The molecule has 0 unspecified atom stereocenters. The molecule has 1 aliphatic carbocycles. The van der Waals surface area contributed by atoms with Gasteiger partial charge in [0.25, 0.3) is 0 Å². The number of ketones is 1. The van der Waals surface area contributed by atoms with Gasteiger partial charge in [0, 0.05) is 5.92 Å². The van der Waals surface area contributed by atoms with E-state index in [9.17, 15) is 4.79 Å². The lowest BCUT2D eigenvalue weighted by atomic mass is 9.75. The third-order valence-corrected chi connectivity index (χ3v) is 4.46. The summed E-state index contributed by atoms with van der Waals surface area (Å²) in [6.45, 7) is 4.29. The van der Waals surface area contributed by atoms with E-state index in [1.807, 2.05) is 14.1 Å². The molecule has 0 heterocycles. The lowest BCUT2D eigenvalue weighted by molar-refractivity contribution is -0.135. The summed E-state index contributed by atoms with van der Waals surface area (Å²) in [5, 5.41) is 0. The first kappa shape index (κ1) is 13.7. The Kier molecular flexibility index (Phi) is 4.97. The third kappa shape index (κ3) is 2.48. The summed E-state index contributed by atoms with van der Waals surface area (Å²) in [4.78, 5) is 14.8. The van der Waals surface area contributed by atoms with Gasteiger partial charge >= 0.3 is 0 Å². The normalized spacial score (nSPS) is 19.1. The molecule has 94 valence electrons. The fraction of sp³-hybridized carbons (Fsp3) is 0.929. The standard InChI is InChI=1S/C14H27NO/c1-5-14(6-2,15(3)4)13(16)12-10-8-7-9-11-12/h12H,5-11H2,1-4H3. The Hall–Kier alpha value is -0.370. The summed E-state index contributed by atoms with van der Waals surface area (Å²) in [7, 11) is 4.10. The zero-order valence-corrected chi connectivity index (χ0v) is 11.4. The Morgan fingerprint density at radius 2 is 1.62 bits per heavy atom. The topological polar surface area (TPSA) is 20.3 Å². The molecule has 0 amide bonds. The minimum Gasteiger partial charge on any atom is -0.297 e. The van der Waals surface area contributed by atoms with Crippen LogP contribution in [0.15, 0.2) is 0 Å². The van der Waals surface area contributed by atoms with E-state index >= 15 is 0 Å². The highest BCUT2D eigenvalue weighted by molar-refractivity contribution is 5.90. The molecule has 0 bridgehead atoms. The summed E-state index contributed by atoms with van der Waals surface area (Å²) >= 11 is 0. The van der Waals surface area contributed by atoms with Crippen LogP contribution in [0.25, 0.3) is 0 Å². The maximum atomic E-state index is 12.7. The lowest BCUT2D eigenvalue weighted by Crippen LogP contribution is -2.53. The van der Waals surface area contributed by atoms with Crippen molar-refractivity contribution in [1.29, 1.82) is 0 Å². The molecule has 16 heavy (non-hydrogen) atoms. The Labute approximate surface area is 100 Å². The molecule has 1 rings (SSSR count). The molecule has 0 atom stereocenters. The quantitative estimate of drug-likeness (QED) is 0.716. The molecular formula is C14H27NO. The molecule has 1 saturated carbocycles. The van der Waals surface area contributed by atoms with Crippen molar-refractivity contribution in [2.45, 2.75) is 64.3 Å². The van der Waals surface area contributed by atoms with E-state index in [4.69, 9.17) is 0 Å². The summed E-state index contributed by atoms with van der Waals surface area (Å²) in [6.07, 6.45) is 7.91. The number of rotatable bonds is 5. The van der Waals surface area contributed by atoms with Crippen molar-refractivity contribution >= 4 is 5.78 Å². The predicted octanol–water partition coefficient (Wildman–Crippen LogP) is 3.26. The minimum absolute atomic E-state index is 0.206. The Bertz CT molecular complexity index is 225. The van der Waals surface area contributed by atoms with Crippen molar-refractivity contribution in [3.8, 4) is 0 Å². The Morgan fingerprint density at radius 1 is 1.12 bits per heavy atom. The van der Waals surface area contributed by atoms with Crippen LogP contribution < -0.4 is 0 Å². The second-order valence-corrected chi connectivity index (χ2v) is 5.33. The number of carbonyl (C=O) groups excluding carboxylic acids is 1. The van der Waals surface area contributed by atoms with E-state index in [2.05, 4.69) is 18.7 Å². The highest BCUT2D eigenvalue weighted by Gasteiger charge is 2.40. The SMILES string of the molecule is CCC(CC)(C(=O)C1CCCCC1)N(C)C. The second kappa shape index (κ2) is 5.81. The smallest absolute Gasteiger partial charge is 0.156 e. The van der Waals surface area contributed by atoms with Gasteiger partial charge in [-0.15, -0.1) is 0 Å². The number of hydrogen-bond donors (Lipinski definition) is 0. The monoisotopic (exact) mass is 225 g/mol. The second-order valence-electron chi connectivity index (χ2n) is 5.33. The summed E-state index contributed by atoms with van der Waals surface area (Å²) in [5.74, 6) is 0.832. The van der Waals surface area contributed by atoms with Gasteiger partial charge in [-0.3, -0.25) is 9.69 Å². The number of likely N-dealkylation sites (N-methyl/N-ethyl adjacent to an activating group) is 1. The summed E-state index contributed by atoms with van der Waals surface area (Å²) < 4.78 is 0. The van der Waals surface area contributed by atoms with E-state index in [0.717, 1.165) is 25.7 Å². The number of Topliss-reactive ketones (excluding diaryl/α,β-unsaturated/α-hetero) is 1. The Balaban J connectivity index is 2.81.